The highest BCUT2D eigenvalue weighted by Gasteiger charge is 2.27. The fraction of sp³-hybridized carbons (Fsp3) is 0.500. The van der Waals surface area contributed by atoms with Gasteiger partial charge in [-0.1, -0.05) is 51.0 Å². The van der Waals surface area contributed by atoms with Gasteiger partial charge in [0.25, 0.3) is 0 Å². The number of hydrogen-bond acceptors (Lipinski definition) is 1. The van der Waals surface area contributed by atoms with Crippen molar-refractivity contribution in [2.75, 3.05) is 0 Å². The van der Waals surface area contributed by atoms with Crippen molar-refractivity contribution in [1.82, 2.24) is 0 Å². The Labute approximate surface area is 105 Å². The van der Waals surface area contributed by atoms with Gasteiger partial charge in [-0.3, -0.25) is 0 Å². The fourth-order valence-corrected chi connectivity index (χ4v) is 2.01. The third-order valence-electron chi connectivity index (χ3n) is 3.51. The minimum absolute atomic E-state index is 0.230. The molecule has 17 heavy (non-hydrogen) atoms. The third-order valence-corrected chi connectivity index (χ3v) is 3.51. The Morgan fingerprint density at radius 1 is 1.24 bits per heavy atom. The van der Waals surface area contributed by atoms with Crippen LogP contribution in [-0.2, 0) is 0 Å². The highest BCUT2D eigenvalue weighted by Crippen LogP contribution is 2.40. The second kappa shape index (κ2) is 5.39. The van der Waals surface area contributed by atoms with Crippen LogP contribution in [0.1, 0.15) is 52.5 Å². The summed E-state index contributed by atoms with van der Waals surface area (Å²) in [6.45, 7) is 11.1. The molecule has 0 aliphatic rings. The molecule has 1 atom stereocenters. The van der Waals surface area contributed by atoms with Gasteiger partial charge in [0.15, 0.2) is 0 Å². The molecule has 0 radical (unpaired) electrons. The second-order valence-corrected chi connectivity index (χ2v) is 5.66. The molecule has 1 heteroatoms. The van der Waals surface area contributed by atoms with E-state index in [1.807, 2.05) is 12.1 Å². The summed E-state index contributed by atoms with van der Waals surface area (Å²) in [6, 6.07) is 7.59. The van der Waals surface area contributed by atoms with Crippen molar-refractivity contribution in [3.63, 3.8) is 0 Å². The summed E-state index contributed by atoms with van der Waals surface area (Å²) in [5.74, 6) is 0.733. The van der Waals surface area contributed by atoms with Gasteiger partial charge in [0, 0.05) is 5.92 Å². The summed E-state index contributed by atoms with van der Waals surface area (Å²) >= 11 is 0. The Morgan fingerprint density at radius 2 is 1.76 bits per heavy atom. The lowest BCUT2D eigenvalue weighted by atomic mass is 9.72. The normalized spacial score (nSPS) is 13.2. The smallest absolute Gasteiger partial charge is 0.115 e. The van der Waals surface area contributed by atoms with E-state index in [-0.39, 0.29) is 5.41 Å². The van der Waals surface area contributed by atoms with Crippen LogP contribution in [0.15, 0.2) is 35.9 Å². The van der Waals surface area contributed by atoms with Crippen molar-refractivity contribution in [2.24, 2.45) is 5.41 Å². The molecule has 1 nitrogen and oxygen atoms in total. The summed E-state index contributed by atoms with van der Waals surface area (Å²) in [6.07, 6.45) is 3.46. The van der Waals surface area contributed by atoms with Crippen LogP contribution in [0.4, 0.5) is 0 Å². The van der Waals surface area contributed by atoms with Crippen LogP contribution in [0.5, 0.6) is 5.75 Å². The van der Waals surface area contributed by atoms with E-state index in [1.165, 1.54) is 11.1 Å². The fourth-order valence-electron chi connectivity index (χ4n) is 2.01. The standard InChI is InChI=1S/C16H24O/c1-6-16(4,5)15(11-12(2)3)13-7-9-14(17)10-8-13/h7-11,15,17H,6H2,1-5H3. The molecule has 0 bridgehead atoms. The number of rotatable bonds is 4. The molecule has 1 aromatic carbocycles. The minimum atomic E-state index is 0.230. The van der Waals surface area contributed by atoms with Gasteiger partial charge in [-0.05, 0) is 37.0 Å². The molecule has 1 aromatic rings. The maximum absolute atomic E-state index is 9.36. The Hall–Kier alpha value is -1.24. The van der Waals surface area contributed by atoms with Gasteiger partial charge in [0.1, 0.15) is 5.75 Å². The lowest BCUT2D eigenvalue weighted by Gasteiger charge is -2.32. The summed E-state index contributed by atoms with van der Waals surface area (Å²) in [5.41, 5.74) is 2.84. The molecular weight excluding hydrogens is 208 g/mol. The van der Waals surface area contributed by atoms with E-state index < -0.39 is 0 Å². The van der Waals surface area contributed by atoms with Crippen LogP contribution < -0.4 is 0 Å². The SMILES string of the molecule is CCC(C)(C)C(C=C(C)C)c1ccc(O)cc1. The number of phenols is 1. The van der Waals surface area contributed by atoms with Crippen molar-refractivity contribution < 1.29 is 5.11 Å². The highest BCUT2D eigenvalue weighted by atomic mass is 16.3. The minimum Gasteiger partial charge on any atom is -0.508 e. The van der Waals surface area contributed by atoms with Crippen LogP contribution >= 0.6 is 0 Å². The molecule has 0 aliphatic carbocycles. The van der Waals surface area contributed by atoms with E-state index in [0.717, 1.165) is 6.42 Å². The third kappa shape index (κ3) is 3.62. The second-order valence-electron chi connectivity index (χ2n) is 5.66. The van der Waals surface area contributed by atoms with Gasteiger partial charge in [-0.25, -0.2) is 0 Å². The van der Waals surface area contributed by atoms with Crippen LogP contribution in [0, 0.1) is 5.41 Å². The zero-order valence-electron chi connectivity index (χ0n) is 11.6. The van der Waals surface area contributed by atoms with E-state index in [1.54, 1.807) is 12.1 Å². The quantitative estimate of drug-likeness (QED) is 0.734. The molecule has 0 saturated carbocycles. The first-order chi connectivity index (χ1) is 7.86. The van der Waals surface area contributed by atoms with E-state index >= 15 is 0 Å². The summed E-state index contributed by atoms with van der Waals surface area (Å²) < 4.78 is 0. The van der Waals surface area contributed by atoms with E-state index in [9.17, 15) is 5.11 Å². The molecule has 0 aliphatic heterocycles. The molecule has 1 rings (SSSR count). The Bertz CT molecular complexity index is 380. The van der Waals surface area contributed by atoms with Crippen molar-refractivity contribution in [3.05, 3.63) is 41.5 Å². The average Bonchev–Trinajstić information content (AvgIpc) is 2.27. The van der Waals surface area contributed by atoms with Gasteiger partial charge in [-0.15, -0.1) is 0 Å². The molecule has 1 unspecified atom stereocenters. The molecule has 0 fully saturated rings. The summed E-state index contributed by atoms with van der Waals surface area (Å²) in [4.78, 5) is 0. The monoisotopic (exact) mass is 232 g/mol. The van der Waals surface area contributed by atoms with Crippen molar-refractivity contribution in [3.8, 4) is 5.75 Å². The van der Waals surface area contributed by atoms with Crippen LogP contribution in [-0.4, -0.2) is 5.11 Å². The van der Waals surface area contributed by atoms with E-state index in [0.29, 0.717) is 11.7 Å². The molecule has 0 heterocycles. The van der Waals surface area contributed by atoms with Crippen LogP contribution in [0.25, 0.3) is 0 Å². The zero-order valence-corrected chi connectivity index (χ0v) is 11.6. The molecule has 0 amide bonds. The largest absolute Gasteiger partial charge is 0.508 e. The maximum atomic E-state index is 9.36. The predicted octanol–water partition coefficient (Wildman–Crippen LogP) is 4.88. The predicted molar refractivity (Wildman–Crippen MR) is 74.4 cm³/mol. The number of hydrogen-bond donors (Lipinski definition) is 1. The summed E-state index contributed by atoms with van der Waals surface area (Å²) in [5, 5.41) is 9.36. The number of aromatic hydroxyl groups is 1. The van der Waals surface area contributed by atoms with Crippen molar-refractivity contribution in [1.29, 1.82) is 0 Å². The summed E-state index contributed by atoms with van der Waals surface area (Å²) in [7, 11) is 0. The van der Waals surface area contributed by atoms with Gasteiger partial charge in [0.05, 0.1) is 0 Å². The molecule has 0 aromatic heterocycles. The van der Waals surface area contributed by atoms with Crippen molar-refractivity contribution >= 4 is 0 Å². The first kappa shape index (κ1) is 13.8. The van der Waals surface area contributed by atoms with Crippen LogP contribution in [0.2, 0.25) is 0 Å². The topological polar surface area (TPSA) is 20.2 Å². The number of benzene rings is 1. The molecule has 0 saturated heterocycles. The van der Waals surface area contributed by atoms with E-state index in [2.05, 4.69) is 40.7 Å². The molecule has 94 valence electrons. The van der Waals surface area contributed by atoms with Gasteiger partial charge in [-0.2, -0.15) is 0 Å². The first-order valence-electron chi connectivity index (χ1n) is 6.30. The highest BCUT2D eigenvalue weighted by molar-refractivity contribution is 5.32. The Balaban J connectivity index is 3.15. The average molecular weight is 232 g/mol. The molecule has 1 N–H and O–H groups in total. The van der Waals surface area contributed by atoms with Gasteiger partial charge in [0.2, 0.25) is 0 Å². The Kier molecular flexibility index (Phi) is 4.39. The first-order valence-corrected chi connectivity index (χ1v) is 6.30. The lowest BCUT2D eigenvalue weighted by molar-refractivity contribution is 0.310. The zero-order chi connectivity index (χ0) is 13.1. The lowest BCUT2D eigenvalue weighted by Crippen LogP contribution is -2.20. The number of allylic oxidation sites excluding steroid dienone is 2. The molecule has 0 spiro atoms. The van der Waals surface area contributed by atoms with Gasteiger partial charge >= 0.3 is 0 Å². The number of phenolic OH excluding ortho intramolecular Hbond substituents is 1. The van der Waals surface area contributed by atoms with Crippen LogP contribution in [0.3, 0.4) is 0 Å². The Morgan fingerprint density at radius 3 is 2.18 bits per heavy atom. The van der Waals surface area contributed by atoms with E-state index in [4.69, 9.17) is 0 Å². The molecular formula is C16H24O. The van der Waals surface area contributed by atoms with Gasteiger partial charge < -0.3 is 5.11 Å². The van der Waals surface area contributed by atoms with Crippen molar-refractivity contribution in [2.45, 2.75) is 47.0 Å². The maximum Gasteiger partial charge on any atom is 0.115 e.